The summed E-state index contributed by atoms with van der Waals surface area (Å²) >= 11 is 0. The van der Waals surface area contributed by atoms with E-state index < -0.39 is 0 Å². The van der Waals surface area contributed by atoms with Crippen LogP contribution in [0.1, 0.15) is 33.6 Å². The van der Waals surface area contributed by atoms with Crippen molar-refractivity contribution >= 4 is 0 Å². The molecule has 0 bridgehead atoms. The van der Waals surface area contributed by atoms with E-state index in [9.17, 15) is 0 Å². The van der Waals surface area contributed by atoms with E-state index in [0.717, 1.165) is 19.0 Å². The van der Waals surface area contributed by atoms with Crippen LogP contribution in [0.4, 0.5) is 0 Å². The molecule has 0 rings (SSSR count). The molecule has 0 aromatic carbocycles. The molecule has 74 valence electrons. The predicted octanol–water partition coefficient (Wildman–Crippen LogP) is 1.74. The quantitative estimate of drug-likeness (QED) is 0.661. The summed E-state index contributed by atoms with van der Waals surface area (Å²) in [5.41, 5.74) is 0. The molecule has 1 atom stereocenters. The predicted molar refractivity (Wildman–Crippen MR) is 53.2 cm³/mol. The van der Waals surface area contributed by atoms with Gasteiger partial charge in [0.25, 0.3) is 0 Å². The van der Waals surface area contributed by atoms with Crippen LogP contribution in [0.2, 0.25) is 0 Å². The lowest BCUT2D eigenvalue weighted by Crippen LogP contribution is -2.28. The zero-order valence-corrected chi connectivity index (χ0v) is 8.88. The Balaban J connectivity index is 3.25. The highest BCUT2D eigenvalue weighted by Crippen LogP contribution is 2.04. The van der Waals surface area contributed by atoms with Gasteiger partial charge in [-0.15, -0.1) is 0 Å². The molecule has 0 amide bonds. The van der Waals surface area contributed by atoms with Crippen LogP contribution < -0.4 is 0 Å². The fourth-order valence-corrected chi connectivity index (χ4v) is 1.31. The second-order valence-corrected chi connectivity index (χ2v) is 4.15. The smallest absolute Gasteiger partial charge is 0.0638 e. The summed E-state index contributed by atoms with van der Waals surface area (Å²) in [5.74, 6) is 0.796. The van der Waals surface area contributed by atoms with Crippen LogP contribution >= 0.6 is 0 Å². The van der Waals surface area contributed by atoms with E-state index in [2.05, 4.69) is 25.8 Å². The molecule has 0 heterocycles. The van der Waals surface area contributed by atoms with E-state index in [1.165, 1.54) is 12.8 Å². The molecule has 2 nitrogen and oxygen atoms in total. The van der Waals surface area contributed by atoms with Crippen LogP contribution in [0, 0.1) is 5.92 Å². The molecule has 0 aliphatic carbocycles. The number of hydrogen-bond donors (Lipinski definition) is 1. The molecular weight excluding hydrogens is 150 g/mol. The summed E-state index contributed by atoms with van der Waals surface area (Å²) in [6.07, 6.45) is 2.32. The molecule has 0 saturated carbocycles. The van der Waals surface area contributed by atoms with E-state index in [1.54, 1.807) is 0 Å². The third kappa shape index (κ3) is 8.02. The average molecular weight is 173 g/mol. The van der Waals surface area contributed by atoms with Gasteiger partial charge in [0.05, 0.1) is 6.10 Å². The van der Waals surface area contributed by atoms with E-state index in [0.29, 0.717) is 0 Å². The van der Waals surface area contributed by atoms with Crippen molar-refractivity contribution in [3.63, 3.8) is 0 Å². The summed E-state index contributed by atoms with van der Waals surface area (Å²) < 4.78 is 0. The largest absolute Gasteiger partial charge is 0.392 e. The van der Waals surface area contributed by atoms with Gasteiger partial charge in [0.1, 0.15) is 0 Å². The lowest BCUT2D eigenvalue weighted by Gasteiger charge is -2.18. The summed E-state index contributed by atoms with van der Waals surface area (Å²) in [6, 6.07) is 0. The minimum Gasteiger partial charge on any atom is -0.392 e. The van der Waals surface area contributed by atoms with Crippen molar-refractivity contribution in [2.24, 2.45) is 5.92 Å². The number of nitrogens with zero attached hydrogens (tertiary/aromatic N) is 1. The summed E-state index contributed by atoms with van der Waals surface area (Å²) in [7, 11) is 2.06. The first-order valence-corrected chi connectivity index (χ1v) is 4.89. The Morgan fingerprint density at radius 1 is 1.25 bits per heavy atom. The lowest BCUT2D eigenvalue weighted by atomic mass is 10.1. The Bertz CT molecular complexity index is 102. The van der Waals surface area contributed by atoms with Crippen LogP contribution in [0.5, 0.6) is 0 Å². The van der Waals surface area contributed by atoms with Gasteiger partial charge in [-0.1, -0.05) is 13.8 Å². The first-order chi connectivity index (χ1) is 5.52. The van der Waals surface area contributed by atoms with Gasteiger partial charge in [-0.2, -0.15) is 0 Å². The highest BCUT2D eigenvalue weighted by molar-refractivity contribution is 4.57. The summed E-state index contributed by atoms with van der Waals surface area (Å²) in [5, 5.41) is 9.09. The standard InChI is InChI=1S/C10H23NO/c1-9(2)6-5-7-11(4)8-10(3)12/h9-10,12H,5-8H2,1-4H3. The van der Waals surface area contributed by atoms with Crippen LogP contribution in [-0.2, 0) is 0 Å². The third-order valence-corrected chi connectivity index (χ3v) is 1.90. The van der Waals surface area contributed by atoms with Crippen LogP contribution in [0.15, 0.2) is 0 Å². The Kier molecular flexibility index (Phi) is 6.39. The van der Waals surface area contributed by atoms with Crippen molar-refractivity contribution in [3.05, 3.63) is 0 Å². The highest BCUT2D eigenvalue weighted by atomic mass is 16.3. The molecule has 0 spiro atoms. The summed E-state index contributed by atoms with van der Waals surface area (Å²) in [6.45, 7) is 8.21. The number of aliphatic hydroxyl groups excluding tert-OH is 1. The van der Waals surface area contributed by atoms with Gasteiger partial charge in [0, 0.05) is 6.54 Å². The van der Waals surface area contributed by atoms with Gasteiger partial charge in [-0.25, -0.2) is 0 Å². The van der Waals surface area contributed by atoms with Crippen molar-refractivity contribution in [2.45, 2.75) is 39.7 Å². The highest BCUT2D eigenvalue weighted by Gasteiger charge is 2.02. The number of hydrogen-bond acceptors (Lipinski definition) is 2. The van der Waals surface area contributed by atoms with Crippen molar-refractivity contribution in [1.29, 1.82) is 0 Å². The van der Waals surface area contributed by atoms with Gasteiger partial charge in [0.2, 0.25) is 0 Å². The number of aliphatic hydroxyl groups is 1. The molecule has 0 aliphatic heterocycles. The maximum absolute atomic E-state index is 9.09. The Labute approximate surface area is 76.6 Å². The maximum atomic E-state index is 9.09. The zero-order chi connectivity index (χ0) is 9.56. The van der Waals surface area contributed by atoms with Gasteiger partial charge in [-0.3, -0.25) is 0 Å². The molecular formula is C10H23NO. The van der Waals surface area contributed by atoms with Crippen LogP contribution in [0.3, 0.4) is 0 Å². The molecule has 0 aromatic rings. The monoisotopic (exact) mass is 173 g/mol. The third-order valence-electron chi connectivity index (χ3n) is 1.90. The number of likely N-dealkylation sites (N-methyl/N-ethyl adjacent to an activating group) is 1. The van der Waals surface area contributed by atoms with E-state index in [1.807, 2.05) is 6.92 Å². The second-order valence-electron chi connectivity index (χ2n) is 4.15. The average Bonchev–Trinajstić information content (AvgIpc) is 1.84. The van der Waals surface area contributed by atoms with Gasteiger partial charge >= 0.3 is 0 Å². The van der Waals surface area contributed by atoms with Crippen molar-refractivity contribution < 1.29 is 5.11 Å². The molecule has 1 N–H and O–H groups in total. The molecule has 0 aromatic heterocycles. The molecule has 0 fully saturated rings. The Hall–Kier alpha value is -0.0800. The minimum atomic E-state index is -0.200. The lowest BCUT2D eigenvalue weighted by molar-refractivity contribution is 0.140. The van der Waals surface area contributed by atoms with Crippen molar-refractivity contribution in [3.8, 4) is 0 Å². The molecule has 12 heavy (non-hydrogen) atoms. The van der Waals surface area contributed by atoms with Crippen molar-refractivity contribution in [1.82, 2.24) is 4.90 Å². The van der Waals surface area contributed by atoms with Gasteiger partial charge in [-0.05, 0) is 39.3 Å². The molecule has 1 unspecified atom stereocenters. The van der Waals surface area contributed by atoms with Gasteiger partial charge in [0.15, 0.2) is 0 Å². The molecule has 0 saturated heterocycles. The van der Waals surface area contributed by atoms with Crippen molar-refractivity contribution in [2.75, 3.05) is 20.1 Å². The van der Waals surface area contributed by atoms with Crippen LogP contribution in [0.25, 0.3) is 0 Å². The molecule has 2 heteroatoms. The second kappa shape index (κ2) is 6.44. The van der Waals surface area contributed by atoms with Gasteiger partial charge < -0.3 is 10.0 Å². The Morgan fingerprint density at radius 3 is 2.25 bits per heavy atom. The Morgan fingerprint density at radius 2 is 1.83 bits per heavy atom. The minimum absolute atomic E-state index is 0.200. The first kappa shape index (κ1) is 11.9. The molecule has 0 radical (unpaired) electrons. The fraction of sp³-hybridized carbons (Fsp3) is 1.00. The maximum Gasteiger partial charge on any atom is 0.0638 e. The zero-order valence-electron chi connectivity index (χ0n) is 8.88. The first-order valence-electron chi connectivity index (χ1n) is 4.89. The topological polar surface area (TPSA) is 23.5 Å². The van der Waals surface area contributed by atoms with Crippen LogP contribution in [-0.4, -0.2) is 36.2 Å². The van der Waals surface area contributed by atoms with E-state index in [-0.39, 0.29) is 6.10 Å². The normalized spacial score (nSPS) is 14.2. The summed E-state index contributed by atoms with van der Waals surface area (Å²) in [4.78, 5) is 2.19. The van der Waals surface area contributed by atoms with E-state index in [4.69, 9.17) is 5.11 Å². The molecule has 0 aliphatic rings. The number of rotatable bonds is 6. The SMILES string of the molecule is CC(C)CCCN(C)CC(C)O. The van der Waals surface area contributed by atoms with E-state index >= 15 is 0 Å². The fourth-order valence-electron chi connectivity index (χ4n) is 1.31.